The van der Waals surface area contributed by atoms with Crippen LogP contribution in [-0.2, 0) is 14.4 Å². The first-order valence-corrected chi connectivity index (χ1v) is 9.28. The van der Waals surface area contributed by atoms with Crippen molar-refractivity contribution in [3.63, 3.8) is 0 Å². The first-order valence-electron chi connectivity index (χ1n) is 9.28. The quantitative estimate of drug-likeness (QED) is 0.725. The summed E-state index contributed by atoms with van der Waals surface area (Å²) in [6.45, 7) is 1.89. The standard InChI is InChI=1S/C20H28N2O5/c1-4-16(21-19(24)13-9-10-14(11-13)20(25)26)15-7-5-6-8-17(15)27-12-18(23)22(2)3/h5-8,13-14,16H,4,9-12H2,1-3H3,(H,21,24)(H,25,26)/t13-,14+,16?/m1/s1. The molecule has 7 heteroatoms. The van der Waals surface area contributed by atoms with Gasteiger partial charge in [-0.05, 0) is 31.7 Å². The van der Waals surface area contributed by atoms with Gasteiger partial charge in [0.1, 0.15) is 5.75 Å². The van der Waals surface area contributed by atoms with Gasteiger partial charge in [0, 0.05) is 25.6 Å². The van der Waals surface area contributed by atoms with Crippen LogP contribution in [0.4, 0.5) is 0 Å². The fourth-order valence-corrected chi connectivity index (χ4v) is 3.30. The zero-order valence-corrected chi connectivity index (χ0v) is 16.1. The predicted molar refractivity (Wildman–Crippen MR) is 100 cm³/mol. The van der Waals surface area contributed by atoms with Crippen LogP contribution in [0, 0.1) is 11.8 Å². The lowest BCUT2D eigenvalue weighted by atomic mass is 10.00. The van der Waals surface area contributed by atoms with E-state index in [1.54, 1.807) is 20.2 Å². The summed E-state index contributed by atoms with van der Waals surface area (Å²) in [6, 6.07) is 7.08. The van der Waals surface area contributed by atoms with Crippen LogP contribution in [-0.4, -0.2) is 48.5 Å². The molecule has 1 unspecified atom stereocenters. The molecule has 0 saturated heterocycles. The highest BCUT2D eigenvalue weighted by atomic mass is 16.5. The lowest BCUT2D eigenvalue weighted by molar-refractivity contribution is -0.141. The van der Waals surface area contributed by atoms with Crippen molar-refractivity contribution < 1.29 is 24.2 Å². The number of aliphatic carboxylic acids is 1. The number of carbonyl (C=O) groups excluding carboxylic acids is 2. The second-order valence-corrected chi connectivity index (χ2v) is 7.13. The van der Waals surface area contributed by atoms with E-state index in [2.05, 4.69) is 5.32 Å². The lowest BCUT2D eigenvalue weighted by Crippen LogP contribution is -2.33. The van der Waals surface area contributed by atoms with Crippen LogP contribution in [0.25, 0.3) is 0 Å². The van der Waals surface area contributed by atoms with Crippen molar-refractivity contribution in [2.45, 2.75) is 38.6 Å². The molecule has 7 nitrogen and oxygen atoms in total. The van der Waals surface area contributed by atoms with E-state index in [1.165, 1.54) is 4.90 Å². The summed E-state index contributed by atoms with van der Waals surface area (Å²) in [7, 11) is 3.33. The molecular weight excluding hydrogens is 348 g/mol. The number of carboxylic acids is 1. The van der Waals surface area contributed by atoms with E-state index in [0.29, 0.717) is 31.4 Å². The van der Waals surface area contributed by atoms with Gasteiger partial charge in [0.15, 0.2) is 6.61 Å². The highest BCUT2D eigenvalue weighted by Crippen LogP contribution is 2.33. The second-order valence-electron chi connectivity index (χ2n) is 7.13. The molecule has 27 heavy (non-hydrogen) atoms. The van der Waals surface area contributed by atoms with E-state index in [1.807, 2.05) is 25.1 Å². The number of likely N-dealkylation sites (N-methyl/N-ethyl adjacent to an activating group) is 1. The summed E-state index contributed by atoms with van der Waals surface area (Å²) in [5, 5.41) is 12.1. The molecule has 1 aromatic rings. The molecule has 2 rings (SSSR count). The lowest BCUT2D eigenvalue weighted by Gasteiger charge is -2.22. The largest absolute Gasteiger partial charge is 0.483 e. The molecular formula is C20H28N2O5. The average molecular weight is 376 g/mol. The molecule has 1 saturated carbocycles. The predicted octanol–water partition coefficient (Wildman–Crippen LogP) is 2.22. The van der Waals surface area contributed by atoms with Gasteiger partial charge in [0.2, 0.25) is 5.91 Å². The molecule has 148 valence electrons. The van der Waals surface area contributed by atoms with Crippen molar-refractivity contribution >= 4 is 17.8 Å². The summed E-state index contributed by atoms with van der Waals surface area (Å²) < 4.78 is 5.68. The van der Waals surface area contributed by atoms with Crippen molar-refractivity contribution in [3.8, 4) is 5.75 Å². The Morgan fingerprint density at radius 2 is 1.89 bits per heavy atom. The Balaban J connectivity index is 2.05. The minimum atomic E-state index is -0.832. The molecule has 2 amide bonds. The number of amides is 2. The van der Waals surface area contributed by atoms with Gasteiger partial charge in [-0.3, -0.25) is 14.4 Å². The third kappa shape index (κ3) is 5.45. The van der Waals surface area contributed by atoms with Gasteiger partial charge < -0.3 is 20.1 Å². The van der Waals surface area contributed by atoms with Crippen molar-refractivity contribution in [3.05, 3.63) is 29.8 Å². The first kappa shape index (κ1) is 20.7. The molecule has 1 fully saturated rings. The topological polar surface area (TPSA) is 95.9 Å². The number of benzene rings is 1. The van der Waals surface area contributed by atoms with Gasteiger partial charge in [-0.2, -0.15) is 0 Å². The van der Waals surface area contributed by atoms with Gasteiger partial charge in [-0.15, -0.1) is 0 Å². The van der Waals surface area contributed by atoms with Gasteiger partial charge in [-0.1, -0.05) is 25.1 Å². The molecule has 0 radical (unpaired) electrons. The maximum Gasteiger partial charge on any atom is 0.306 e. The number of nitrogens with one attached hydrogen (secondary N) is 1. The maximum atomic E-state index is 12.6. The fraction of sp³-hybridized carbons (Fsp3) is 0.550. The summed E-state index contributed by atoms with van der Waals surface area (Å²) in [5.74, 6) is -1.24. The summed E-state index contributed by atoms with van der Waals surface area (Å²) in [5.41, 5.74) is 0.813. The Kier molecular flexibility index (Phi) is 7.21. The SMILES string of the molecule is CCC(NC(=O)[C@@H]1CC[C@H](C(=O)O)C1)c1ccccc1OCC(=O)N(C)C. The highest BCUT2D eigenvalue weighted by Gasteiger charge is 2.34. The minimum absolute atomic E-state index is 0.0721. The molecule has 0 aromatic heterocycles. The Hall–Kier alpha value is -2.57. The van der Waals surface area contributed by atoms with E-state index < -0.39 is 11.9 Å². The summed E-state index contributed by atoms with van der Waals surface area (Å²) >= 11 is 0. The molecule has 1 aliphatic carbocycles. The molecule has 1 aliphatic rings. The van der Waals surface area contributed by atoms with Crippen molar-refractivity contribution in [2.24, 2.45) is 11.8 Å². The average Bonchev–Trinajstić information content (AvgIpc) is 3.15. The number of carbonyl (C=O) groups is 3. The van der Waals surface area contributed by atoms with Crippen molar-refractivity contribution in [2.75, 3.05) is 20.7 Å². The van der Waals surface area contributed by atoms with E-state index in [4.69, 9.17) is 9.84 Å². The number of carboxylic acid groups (broad SMARTS) is 1. The van der Waals surface area contributed by atoms with Crippen molar-refractivity contribution in [1.29, 1.82) is 0 Å². The number of hydrogen-bond donors (Lipinski definition) is 2. The van der Waals surface area contributed by atoms with Crippen LogP contribution in [0.2, 0.25) is 0 Å². The molecule has 0 bridgehead atoms. The third-order valence-corrected chi connectivity index (χ3v) is 5.02. The van der Waals surface area contributed by atoms with Gasteiger partial charge in [0.05, 0.1) is 12.0 Å². The van der Waals surface area contributed by atoms with Crippen LogP contribution in [0.15, 0.2) is 24.3 Å². The summed E-state index contributed by atoms with van der Waals surface area (Å²) in [6.07, 6.45) is 2.17. The third-order valence-electron chi connectivity index (χ3n) is 5.02. The minimum Gasteiger partial charge on any atom is -0.483 e. The van der Waals surface area contributed by atoms with Crippen LogP contribution in [0.3, 0.4) is 0 Å². The normalized spacial score (nSPS) is 20.0. The van der Waals surface area contributed by atoms with Crippen molar-refractivity contribution in [1.82, 2.24) is 10.2 Å². The molecule has 1 aromatic carbocycles. The summed E-state index contributed by atoms with van der Waals surface area (Å²) in [4.78, 5) is 37.0. The fourth-order valence-electron chi connectivity index (χ4n) is 3.30. The Bertz CT molecular complexity index is 689. The van der Waals surface area contributed by atoms with Gasteiger partial charge in [-0.25, -0.2) is 0 Å². The first-order chi connectivity index (χ1) is 12.8. The van der Waals surface area contributed by atoms with Crippen LogP contribution in [0.1, 0.15) is 44.2 Å². The zero-order chi connectivity index (χ0) is 20.0. The number of para-hydroxylation sites is 1. The van der Waals surface area contributed by atoms with E-state index in [9.17, 15) is 14.4 Å². The van der Waals surface area contributed by atoms with Crippen LogP contribution in [0.5, 0.6) is 5.75 Å². The molecule has 2 N–H and O–H groups in total. The molecule has 0 heterocycles. The highest BCUT2D eigenvalue weighted by molar-refractivity contribution is 5.81. The molecule has 0 spiro atoms. The Morgan fingerprint density at radius 1 is 1.22 bits per heavy atom. The molecule has 0 aliphatic heterocycles. The van der Waals surface area contributed by atoms with Crippen LogP contribution < -0.4 is 10.1 Å². The number of ether oxygens (including phenoxy) is 1. The number of nitrogens with zero attached hydrogens (tertiary/aromatic N) is 1. The number of rotatable bonds is 8. The van der Waals surface area contributed by atoms with E-state index in [-0.39, 0.29) is 30.4 Å². The second kappa shape index (κ2) is 9.39. The maximum absolute atomic E-state index is 12.6. The van der Waals surface area contributed by atoms with Gasteiger partial charge in [0.25, 0.3) is 5.91 Å². The Labute approximate surface area is 159 Å². The van der Waals surface area contributed by atoms with E-state index >= 15 is 0 Å². The molecule has 3 atom stereocenters. The Morgan fingerprint density at radius 3 is 2.48 bits per heavy atom. The van der Waals surface area contributed by atoms with Gasteiger partial charge >= 0.3 is 5.97 Å². The zero-order valence-electron chi connectivity index (χ0n) is 16.1. The van der Waals surface area contributed by atoms with Crippen LogP contribution >= 0.6 is 0 Å². The van der Waals surface area contributed by atoms with E-state index in [0.717, 1.165) is 5.56 Å². The monoisotopic (exact) mass is 376 g/mol. The smallest absolute Gasteiger partial charge is 0.306 e. The number of hydrogen-bond acceptors (Lipinski definition) is 4.